The maximum atomic E-state index is 11.4. The number of carboxylic acids is 1. The highest BCUT2D eigenvalue weighted by atomic mass is 16.5. The molecule has 0 spiro atoms. The normalized spacial score (nSPS) is 9.95. The summed E-state index contributed by atoms with van der Waals surface area (Å²) in [6.45, 7) is 2.33. The number of hydrogen-bond acceptors (Lipinski definition) is 4. The number of carbonyl (C=O) groups excluding carboxylic acids is 1. The fraction of sp³-hybridized carbons (Fsp3) is 0.385. The van der Waals surface area contributed by atoms with E-state index in [1.54, 1.807) is 0 Å². The van der Waals surface area contributed by atoms with Crippen LogP contribution in [-0.4, -0.2) is 28.9 Å². The van der Waals surface area contributed by atoms with Crippen molar-refractivity contribution in [1.82, 2.24) is 0 Å². The monoisotopic (exact) mass is 267 g/mol. The largest absolute Gasteiger partial charge is 0.505 e. The van der Waals surface area contributed by atoms with E-state index in [0.717, 1.165) is 19.3 Å². The van der Waals surface area contributed by atoms with Gasteiger partial charge in [-0.15, -0.1) is 0 Å². The standard InChI is InChI=1S/C13H17NO5/c1-2-3-4-8-19-13(18)14-10-7-5-6-9(11(10)15)12(16)17/h5-7,15H,2-4,8H2,1H3,(H,14,18)(H,16,17). The Bertz CT molecular complexity index is 458. The van der Waals surface area contributed by atoms with Gasteiger partial charge in [0, 0.05) is 0 Å². The molecule has 0 atom stereocenters. The van der Waals surface area contributed by atoms with Gasteiger partial charge in [0.05, 0.1) is 12.3 Å². The van der Waals surface area contributed by atoms with Gasteiger partial charge in [0.1, 0.15) is 5.56 Å². The molecule has 0 aliphatic carbocycles. The van der Waals surface area contributed by atoms with E-state index in [1.165, 1.54) is 18.2 Å². The third-order valence-electron chi connectivity index (χ3n) is 2.48. The van der Waals surface area contributed by atoms with Crippen molar-refractivity contribution in [3.63, 3.8) is 0 Å². The quantitative estimate of drug-likeness (QED) is 0.544. The Morgan fingerprint density at radius 3 is 2.68 bits per heavy atom. The number of carboxylic acid groups (broad SMARTS) is 1. The van der Waals surface area contributed by atoms with Crippen molar-refractivity contribution in [2.75, 3.05) is 11.9 Å². The Kier molecular flexibility index (Phi) is 5.66. The van der Waals surface area contributed by atoms with Crippen molar-refractivity contribution < 1.29 is 24.5 Å². The molecule has 0 unspecified atom stereocenters. The van der Waals surface area contributed by atoms with Gasteiger partial charge in [-0.3, -0.25) is 5.32 Å². The highest BCUT2D eigenvalue weighted by Crippen LogP contribution is 2.27. The molecule has 0 saturated heterocycles. The summed E-state index contributed by atoms with van der Waals surface area (Å²) in [6.07, 6.45) is 2.04. The summed E-state index contributed by atoms with van der Waals surface area (Å²) in [6, 6.07) is 4.07. The number of amides is 1. The molecule has 6 heteroatoms. The third kappa shape index (κ3) is 4.50. The predicted octanol–water partition coefficient (Wildman–Crippen LogP) is 2.83. The molecule has 3 N–H and O–H groups in total. The van der Waals surface area contributed by atoms with Crippen molar-refractivity contribution in [3.05, 3.63) is 23.8 Å². The minimum atomic E-state index is -1.27. The zero-order chi connectivity index (χ0) is 14.3. The van der Waals surface area contributed by atoms with E-state index in [2.05, 4.69) is 5.32 Å². The first kappa shape index (κ1) is 14.8. The lowest BCUT2D eigenvalue weighted by atomic mass is 10.2. The molecular weight excluding hydrogens is 250 g/mol. The number of para-hydroxylation sites is 1. The van der Waals surface area contributed by atoms with Crippen LogP contribution in [0.5, 0.6) is 5.75 Å². The fourth-order valence-corrected chi connectivity index (χ4v) is 1.48. The number of ether oxygens (including phenoxy) is 1. The molecule has 19 heavy (non-hydrogen) atoms. The fourth-order valence-electron chi connectivity index (χ4n) is 1.48. The van der Waals surface area contributed by atoms with Crippen LogP contribution >= 0.6 is 0 Å². The Morgan fingerprint density at radius 2 is 2.05 bits per heavy atom. The van der Waals surface area contributed by atoms with Gasteiger partial charge < -0.3 is 14.9 Å². The van der Waals surface area contributed by atoms with Crippen LogP contribution in [0.4, 0.5) is 10.5 Å². The van der Waals surface area contributed by atoms with E-state index in [0.29, 0.717) is 6.61 Å². The summed E-state index contributed by atoms with van der Waals surface area (Å²) in [5, 5.41) is 20.8. The van der Waals surface area contributed by atoms with Gasteiger partial charge in [-0.25, -0.2) is 9.59 Å². The van der Waals surface area contributed by atoms with Gasteiger partial charge in [0.25, 0.3) is 0 Å². The molecule has 0 saturated carbocycles. The lowest BCUT2D eigenvalue weighted by Gasteiger charge is -2.09. The average molecular weight is 267 g/mol. The van der Waals surface area contributed by atoms with Gasteiger partial charge in [-0.05, 0) is 18.6 Å². The van der Waals surface area contributed by atoms with Gasteiger partial charge >= 0.3 is 12.1 Å². The molecule has 0 fully saturated rings. The maximum Gasteiger partial charge on any atom is 0.411 e. The van der Waals surface area contributed by atoms with E-state index in [9.17, 15) is 14.7 Å². The van der Waals surface area contributed by atoms with E-state index < -0.39 is 17.8 Å². The van der Waals surface area contributed by atoms with E-state index in [-0.39, 0.29) is 11.3 Å². The van der Waals surface area contributed by atoms with Crippen molar-refractivity contribution in [2.45, 2.75) is 26.2 Å². The molecule has 0 aliphatic rings. The molecule has 0 radical (unpaired) electrons. The number of rotatable bonds is 6. The van der Waals surface area contributed by atoms with Crippen molar-refractivity contribution >= 4 is 17.7 Å². The number of anilines is 1. The van der Waals surface area contributed by atoms with Crippen LogP contribution in [0.2, 0.25) is 0 Å². The van der Waals surface area contributed by atoms with Crippen LogP contribution < -0.4 is 5.32 Å². The van der Waals surface area contributed by atoms with Crippen LogP contribution in [0.1, 0.15) is 36.5 Å². The first-order valence-corrected chi connectivity index (χ1v) is 6.05. The first-order valence-electron chi connectivity index (χ1n) is 6.05. The van der Waals surface area contributed by atoms with E-state index in [4.69, 9.17) is 9.84 Å². The lowest BCUT2D eigenvalue weighted by Crippen LogP contribution is -2.15. The average Bonchev–Trinajstić information content (AvgIpc) is 2.37. The van der Waals surface area contributed by atoms with Crippen molar-refractivity contribution in [3.8, 4) is 5.75 Å². The second-order valence-corrected chi connectivity index (χ2v) is 3.97. The number of phenols is 1. The summed E-state index contributed by atoms with van der Waals surface area (Å²) < 4.78 is 4.89. The third-order valence-corrected chi connectivity index (χ3v) is 2.48. The van der Waals surface area contributed by atoms with Crippen LogP contribution in [0.15, 0.2) is 18.2 Å². The highest BCUT2D eigenvalue weighted by Gasteiger charge is 2.14. The second kappa shape index (κ2) is 7.25. The van der Waals surface area contributed by atoms with Gasteiger partial charge in [-0.1, -0.05) is 25.8 Å². The Balaban J connectivity index is 2.59. The number of unbranched alkanes of at least 4 members (excludes halogenated alkanes) is 2. The number of carbonyl (C=O) groups is 2. The van der Waals surface area contributed by atoms with Gasteiger partial charge in [-0.2, -0.15) is 0 Å². The summed E-state index contributed by atoms with van der Waals surface area (Å²) in [5.41, 5.74) is -0.260. The highest BCUT2D eigenvalue weighted by molar-refractivity contribution is 5.96. The molecule has 1 rings (SSSR count). The summed E-state index contributed by atoms with van der Waals surface area (Å²) >= 11 is 0. The number of hydrogen-bond donors (Lipinski definition) is 3. The molecule has 1 amide bonds. The molecule has 0 aromatic heterocycles. The SMILES string of the molecule is CCCCCOC(=O)Nc1cccc(C(=O)O)c1O. The Hall–Kier alpha value is -2.24. The van der Waals surface area contributed by atoms with Crippen LogP contribution in [0, 0.1) is 0 Å². The van der Waals surface area contributed by atoms with E-state index >= 15 is 0 Å². The molecule has 0 heterocycles. The molecule has 1 aromatic rings. The summed E-state index contributed by atoms with van der Waals surface area (Å²) in [4.78, 5) is 22.2. The Morgan fingerprint density at radius 1 is 1.32 bits per heavy atom. The summed E-state index contributed by atoms with van der Waals surface area (Å²) in [7, 11) is 0. The molecular formula is C13H17NO5. The number of aromatic carboxylic acids is 1. The van der Waals surface area contributed by atoms with Crippen molar-refractivity contribution in [2.24, 2.45) is 0 Å². The number of aromatic hydroxyl groups is 1. The smallest absolute Gasteiger partial charge is 0.411 e. The second-order valence-electron chi connectivity index (χ2n) is 3.97. The molecule has 0 bridgehead atoms. The number of nitrogens with one attached hydrogen (secondary N) is 1. The zero-order valence-electron chi connectivity index (χ0n) is 10.7. The van der Waals surface area contributed by atoms with Gasteiger partial charge in [0.15, 0.2) is 5.75 Å². The first-order chi connectivity index (χ1) is 9.06. The zero-order valence-corrected chi connectivity index (χ0v) is 10.7. The van der Waals surface area contributed by atoms with Crippen LogP contribution in [0.25, 0.3) is 0 Å². The maximum absolute atomic E-state index is 11.4. The minimum absolute atomic E-state index is 0.0143. The van der Waals surface area contributed by atoms with Crippen LogP contribution in [0.3, 0.4) is 0 Å². The predicted molar refractivity (Wildman–Crippen MR) is 69.6 cm³/mol. The topological polar surface area (TPSA) is 95.9 Å². The van der Waals surface area contributed by atoms with Gasteiger partial charge in [0.2, 0.25) is 0 Å². The summed E-state index contributed by atoms with van der Waals surface area (Å²) in [5.74, 6) is -1.75. The molecule has 104 valence electrons. The molecule has 0 aliphatic heterocycles. The lowest BCUT2D eigenvalue weighted by molar-refractivity contribution is 0.0693. The molecule has 6 nitrogen and oxygen atoms in total. The van der Waals surface area contributed by atoms with Crippen LogP contribution in [-0.2, 0) is 4.74 Å². The van der Waals surface area contributed by atoms with E-state index in [1.807, 2.05) is 6.92 Å². The number of benzene rings is 1. The molecule has 1 aromatic carbocycles. The minimum Gasteiger partial charge on any atom is -0.505 e. The van der Waals surface area contributed by atoms with Crippen molar-refractivity contribution in [1.29, 1.82) is 0 Å². The Labute approximate surface area is 111 Å².